The molecular formula is C37H41N3O6. The Morgan fingerprint density at radius 2 is 1.76 bits per heavy atom. The van der Waals surface area contributed by atoms with Crippen LogP contribution in [0.2, 0.25) is 0 Å². The maximum absolute atomic E-state index is 13.3. The molecule has 5 rings (SSSR count). The van der Waals surface area contributed by atoms with E-state index < -0.39 is 11.7 Å². The van der Waals surface area contributed by atoms with E-state index in [1.165, 1.54) is 4.90 Å². The largest absolute Gasteiger partial charge is 0.497 e. The Kier molecular flexibility index (Phi) is 9.90. The van der Waals surface area contributed by atoms with Gasteiger partial charge in [0, 0.05) is 17.7 Å². The van der Waals surface area contributed by atoms with Crippen LogP contribution in [0.1, 0.15) is 62.4 Å². The van der Waals surface area contributed by atoms with Crippen molar-refractivity contribution in [2.75, 3.05) is 18.6 Å². The Hall–Kier alpha value is -4.92. The smallest absolute Gasteiger partial charge is 0.416 e. The van der Waals surface area contributed by atoms with Gasteiger partial charge in [0.25, 0.3) is 0 Å². The van der Waals surface area contributed by atoms with E-state index in [1.54, 1.807) is 26.3 Å². The van der Waals surface area contributed by atoms with Crippen LogP contribution in [-0.4, -0.2) is 41.3 Å². The van der Waals surface area contributed by atoms with E-state index in [2.05, 4.69) is 4.98 Å². The number of pyridine rings is 2. The zero-order chi connectivity index (χ0) is 32.8. The van der Waals surface area contributed by atoms with Crippen molar-refractivity contribution in [3.8, 4) is 22.8 Å². The summed E-state index contributed by atoms with van der Waals surface area (Å²) in [5.41, 5.74) is 4.54. The maximum Gasteiger partial charge on any atom is 0.416 e. The molecule has 0 radical (unpaired) electrons. The fourth-order valence-electron chi connectivity index (χ4n) is 5.15. The summed E-state index contributed by atoms with van der Waals surface area (Å²) in [7, 11) is 1.63. The highest BCUT2D eigenvalue weighted by Gasteiger charge is 2.47. The number of esters is 1. The number of methoxy groups -OCH3 is 1. The van der Waals surface area contributed by atoms with Crippen LogP contribution in [0.4, 0.5) is 10.6 Å². The van der Waals surface area contributed by atoms with Crippen molar-refractivity contribution < 1.29 is 28.5 Å². The minimum Gasteiger partial charge on any atom is -0.497 e. The van der Waals surface area contributed by atoms with Crippen LogP contribution in [-0.2, 0) is 27.4 Å². The molecule has 4 aromatic rings. The Morgan fingerprint density at radius 1 is 0.978 bits per heavy atom. The van der Waals surface area contributed by atoms with Crippen LogP contribution in [0.25, 0.3) is 11.3 Å². The van der Waals surface area contributed by atoms with E-state index in [0.29, 0.717) is 49.1 Å². The molecule has 0 N–H and O–H groups in total. The summed E-state index contributed by atoms with van der Waals surface area (Å²) in [6, 6.07) is 23.1. The quantitative estimate of drug-likeness (QED) is 0.157. The number of carbonyl (C=O) groups excluding carboxylic acids is 2. The van der Waals surface area contributed by atoms with Crippen molar-refractivity contribution in [2.45, 2.75) is 65.7 Å². The van der Waals surface area contributed by atoms with Crippen molar-refractivity contribution in [2.24, 2.45) is 5.92 Å². The van der Waals surface area contributed by atoms with E-state index in [4.69, 9.17) is 23.9 Å². The number of amides is 1. The molecule has 2 aromatic heterocycles. The number of ether oxygens (including phenoxy) is 4. The molecule has 1 saturated carbocycles. The van der Waals surface area contributed by atoms with Gasteiger partial charge in [-0.15, -0.1) is 0 Å². The number of carbonyl (C=O) groups is 2. The summed E-state index contributed by atoms with van der Waals surface area (Å²) in [5, 5.41) is 0. The summed E-state index contributed by atoms with van der Waals surface area (Å²) >= 11 is 0. The SMILES string of the molecule is CCOC(=O)[C@H]1C[C@@H]1c1nc(-c2ccc(N(Cc3cccc(C)c3)C(=O)OC(C)(C)C)nc2)ccc1OCc1ccc(OC)cc1. The molecule has 2 atom stereocenters. The lowest BCUT2D eigenvalue weighted by atomic mass is 10.1. The third-order valence-corrected chi connectivity index (χ3v) is 7.53. The highest BCUT2D eigenvalue weighted by atomic mass is 16.6. The standard InChI is InChI=1S/C37H41N3O6/c1-7-44-35(41)30-20-29(30)34-32(45-23-25-11-14-28(43-6)15-12-25)17-16-31(39-34)27-13-18-33(38-21-27)40(36(42)46-37(3,4)5)22-26-10-8-9-24(2)19-26/h8-19,21,29-30H,7,20,22-23H2,1-6H3/t29-,30-/m0/s1. The summed E-state index contributed by atoms with van der Waals surface area (Å²) in [4.78, 5) is 37.0. The van der Waals surface area contributed by atoms with Crippen LogP contribution in [0.15, 0.2) is 79.0 Å². The third-order valence-electron chi connectivity index (χ3n) is 7.53. The topological polar surface area (TPSA) is 100 Å². The summed E-state index contributed by atoms with van der Waals surface area (Å²) in [6.07, 6.45) is 1.87. The van der Waals surface area contributed by atoms with Gasteiger partial charge in [0.1, 0.15) is 29.5 Å². The fourth-order valence-corrected chi connectivity index (χ4v) is 5.15. The summed E-state index contributed by atoms with van der Waals surface area (Å²) < 4.78 is 22.5. The predicted molar refractivity (Wildman–Crippen MR) is 176 cm³/mol. The second-order valence-corrected chi connectivity index (χ2v) is 12.4. The lowest BCUT2D eigenvalue weighted by Gasteiger charge is -2.27. The molecule has 240 valence electrons. The first-order valence-corrected chi connectivity index (χ1v) is 15.5. The maximum atomic E-state index is 13.3. The van der Waals surface area contributed by atoms with Gasteiger partial charge in [-0.1, -0.05) is 42.0 Å². The highest BCUT2D eigenvalue weighted by Crippen LogP contribution is 2.50. The summed E-state index contributed by atoms with van der Waals surface area (Å²) in [5.74, 6) is 1.28. The normalized spacial score (nSPS) is 15.5. The van der Waals surface area contributed by atoms with Crippen LogP contribution in [0, 0.1) is 12.8 Å². The molecular weight excluding hydrogens is 582 g/mol. The lowest BCUT2D eigenvalue weighted by Crippen LogP contribution is -2.37. The van der Waals surface area contributed by atoms with Crippen molar-refractivity contribution in [1.82, 2.24) is 9.97 Å². The molecule has 1 aliphatic carbocycles. The monoisotopic (exact) mass is 623 g/mol. The number of aromatic nitrogens is 2. The lowest BCUT2D eigenvalue weighted by molar-refractivity contribution is -0.144. The molecule has 0 aliphatic heterocycles. The van der Waals surface area contributed by atoms with Gasteiger partial charge in [0.15, 0.2) is 0 Å². The minimum atomic E-state index is -0.663. The Bertz CT molecular complexity index is 1660. The van der Waals surface area contributed by atoms with Gasteiger partial charge in [0.05, 0.1) is 37.6 Å². The van der Waals surface area contributed by atoms with Crippen molar-refractivity contribution in [3.05, 3.63) is 101 Å². The Morgan fingerprint density at radius 3 is 2.41 bits per heavy atom. The average molecular weight is 624 g/mol. The number of nitrogens with zero attached hydrogens (tertiary/aromatic N) is 3. The molecule has 9 nitrogen and oxygen atoms in total. The molecule has 1 fully saturated rings. The van der Waals surface area contributed by atoms with Crippen LogP contribution in [0.3, 0.4) is 0 Å². The van der Waals surface area contributed by atoms with E-state index >= 15 is 0 Å². The van der Waals surface area contributed by atoms with Crippen molar-refractivity contribution in [3.63, 3.8) is 0 Å². The number of aryl methyl sites for hydroxylation is 1. The van der Waals surface area contributed by atoms with Gasteiger partial charge in [-0.05, 0) is 88.6 Å². The van der Waals surface area contributed by atoms with E-state index in [1.807, 2.05) is 94.4 Å². The van der Waals surface area contributed by atoms with Crippen molar-refractivity contribution >= 4 is 17.9 Å². The first kappa shape index (κ1) is 32.5. The van der Waals surface area contributed by atoms with Gasteiger partial charge in [0.2, 0.25) is 0 Å². The van der Waals surface area contributed by atoms with Gasteiger partial charge < -0.3 is 18.9 Å². The number of anilines is 1. The highest BCUT2D eigenvalue weighted by molar-refractivity contribution is 5.87. The fraction of sp³-hybridized carbons (Fsp3) is 0.351. The van der Waals surface area contributed by atoms with Gasteiger partial charge >= 0.3 is 12.1 Å². The molecule has 46 heavy (non-hydrogen) atoms. The molecule has 0 saturated heterocycles. The predicted octanol–water partition coefficient (Wildman–Crippen LogP) is 7.65. The van der Waals surface area contributed by atoms with E-state index in [0.717, 1.165) is 28.0 Å². The van der Waals surface area contributed by atoms with Gasteiger partial charge in [-0.2, -0.15) is 0 Å². The zero-order valence-electron chi connectivity index (χ0n) is 27.3. The van der Waals surface area contributed by atoms with Crippen LogP contribution in [0.5, 0.6) is 11.5 Å². The Balaban J connectivity index is 1.41. The molecule has 2 aromatic carbocycles. The van der Waals surface area contributed by atoms with E-state index in [9.17, 15) is 9.59 Å². The number of rotatable bonds is 11. The molecule has 0 bridgehead atoms. The van der Waals surface area contributed by atoms with Crippen LogP contribution < -0.4 is 14.4 Å². The van der Waals surface area contributed by atoms with Crippen LogP contribution >= 0.6 is 0 Å². The Labute approximate surface area is 270 Å². The molecule has 1 aliphatic rings. The van der Waals surface area contributed by atoms with Gasteiger partial charge in [-0.3, -0.25) is 9.69 Å². The summed E-state index contributed by atoms with van der Waals surface area (Å²) in [6.45, 7) is 10.3. The number of hydrogen-bond acceptors (Lipinski definition) is 8. The van der Waals surface area contributed by atoms with Gasteiger partial charge in [-0.25, -0.2) is 14.8 Å². The molecule has 0 unspecified atom stereocenters. The number of benzene rings is 2. The molecule has 9 heteroatoms. The number of hydrogen-bond donors (Lipinski definition) is 0. The average Bonchev–Trinajstić information content (AvgIpc) is 3.84. The van der Waals surface area contributed by atoms with Crippen molar-refractivity contribution in [1.29, 1.82) is 0 Å². The van der Waals surface area contributed by atoms with E-state index in [-0.39, 0.29) is 17.8 Å². The first-order chi connectivity index (χ1) is 22.0. The molecule has 2 heterocycles. The second kappa shape index (κ2) is 14.0. The second-order valence-electron chi connectivity index (χ2n) is 12.4. The molecule has 1 amide bonds. The first-order valence-electron chi connectivity index (χ1n) is 15.5. The third kappa shape index (κ3) is 8.21. The molecule has 0 spiro atoms. The minimum absolute atomic E-state index is 0.103. The zero-order valence-corrected chi connectivity index (χ0v) is 27.3.